The van der Waals surface area contributed by atoms with Crippen LogP contribution in [0.2, 0.25) is 0 Å². The lowest BCUT2D eigenvalue weighted by Crippen LogP contribution is -2.19. The monoisotopic (exact) mass is 244 g/mol. The minimum Gasteiger partial charge on any atom is -0.313 e. The van der Waals surface area contributed by atoms with Crippen LogP contribution in [0.1, 0.15) is 29.4 Å². The summed E-state index contributed by atoms with van der Waals surface area (Å²) in [6, 6.07) is 6.56. The van der Waals surface area contributed by atoms with Crippen molar-refractivity contribution in [3.8, 4) is 0 Å². The van der Waals surface area contributed by atoms with E-state index in [1.165, 1.54) is 11.3 Å². The summed E-state index contributed by atoms with van der Waals surface area (Å²) in [6.07, 6.45) is 5.74. The van der Waals surface area contributed by atoms with Crippen LogP contribution in [0.3, 0.4) is 0 Å². The fourth-order valence-corrected chi connectivity index (χ4v) is 2.26. The molecule has 0 saturated carbocycles. The summed E-state index contributed by atoms with van der Waals surface area (Å²) in [7, 11) is 3.99. The minimum atomic E-state index is 0.341. The standard InChI is InChI=1S/C14H20N4/c1-11-13(5-4-9-16-11)14(15-2)7-6-12-8-10-17-18(12)3/h4-5,8-10,14-15H,6-7H2,1-3H3. The first-order valence-corrected chi connectivity index (χ1v) is 6.28. The molecule has 0 aromatic carbocycles. The van der Waals surface area contributed by atoms with Crippen LogP contribution in [0.25, 0.3) is 0 Å². The number of aromatic nitrogens is 3. The molecule has 4 nitrogen and oxygen atoms in total. The Balaban J connectivity index is 2.07. The summed E-state index contributed by atoms with van der Waals surface area (Å²) in [5.74, 6) is 0. The van der Waals surface area contributed by atoms with Crippen LogP contribution in [0, 0.1) is 6.92 Å². The maximum Gasteiger partial charge on any atom is 0.0492 e. The van der Waals surface area contributed by atoms with Crippen LogP contribution in [0.15, 0.2) is 30.6 Å². The zero-order chi connectivity index (χ0) is 13.0. The Morgan fingerprint density at radius 1 is 1.33 bits per heavy atom. The zero-order valence-electron chi connectivity index (χ0n) is 11.2. The van der Waals surface area contributed by atoms with Gasteiger partial charge in [0, 0.05) is 36.9 Å². The van der Waals surface area contributed by atoms with Gasteiger partial charge in [-0.25, -0.2) is 0 Å². The highest BCUT2D eigenvalue weighted by molar-refractivity contribution is 5.22. The van der Waals surface area contributed by atoms with Crippen molar-refractivity contribution >= 4 is 0 Å². The third-order valence-electron chi connectivity index (χ3n) is 3.38. The lowest BCUT2D eigenvalue weighted by Gasteiger charge is -2.18. The highest BCUT2D eigenvalue weighted by Crippen LogP contribution is 2.20. The van der Waals surface area contributed by atoms with Gasteiger partial charge in [-0.1, -0.05) is 6.07 Å². The lowest BCUT2D eigenvalue weighted by atomic mass is 10.00. The van der Waals surface area contributed by atoms with Gasteiger partial charge < -0.3 is 5.32 Å². The molecule has 0 aliphatic heterocycles. The SMILES string of the molecule is CNC(CCc1ccnn1C)c1cccnc1C. The summed E-state index contributed by atoms with van der Waals surface area (Å²) in [5.41, 5.74) is 3.64. The average Bonchev–Trinajstić information content (AvgIpc) is 2.78. The molecule has 0 aliphatic carbocycles. The largest absolute Gasteiger partial charge is 0.313 e. The second-order valence-electron chi connectivity index (χ2n) is 4.50. The van der Waals surface area contributed by atoms with Crippen molar-refractivity contribution in [2.75, 3.05) is 7.05 Å². The van der Waals surface area contributed by atoms with Crippen LogP contribution in [0.5, 0.6) is 0 Å². The second kappa shape index (κ2) is 5.78. The highest BCUT2D eigenvalue weighted by Gasteiger charge is 2.12. The van der Waals surface area contributed by atoms with Crippen molar-refractivity contribution < 1.29 is 0 Å². The van der Waals surface area contributed by atoms with Gasteiger partial charge in [0.15, 0.2) is 0 Å². The van der Waals surface area contributed by atoms with Crippen LogP contribution in [-0.2, 0) is 13.5 Å². The number of rotatable bonds is 5. The van der Waals surface area contributed by atoms with E-state index in [0.717, 1.165) is 18.5 Å². The molecule has 0 amide bonds. The van der Waals surface area contributed by atoms with Crippen LogP contribution < -0.4 is 5.32 Å². The number of nitrogens with zero attached hydrogens (tertiary/aromatic N) is 3. The smallest absolute Gasteiger partial charge is 0.0492 e. The van der Waals surface area contributed by atoms with Gasteiger partial charge in [0.2, 0.25) is 0 Å². The molecular formula is C14H20N4. The van der Waals surface area contributed by atoms with E-state index in [1.54, 1.807) is 0 Å². The molecule has 18 heavy (non-hydrogen) atoms. The van der Waals surface area contributed by atoms with E-state index in [0.29, 0.717) is 6.04 Å². The summed E-state index contributed by atoms with van der Waals surface area (Å²) in [5, 5.41) is 7.57. The Labute approximate surface area is 108 Å². The fourth-order valence-electron chi connectivity index (χ4n) is 2.26. The molecule has 4 heteroatoms. The van der Waals surface area contributed by atoms with Crippen molar-refractivity contribution in [1.29, 1.82) is 0 Å². The summed E-state index contributed by atoms with van der Waals surface area (Å²) < 4.78 is 1.93. The molecule has 0 bridgehead atoms. The maximum atomic E-state index is 4.35. The van der Waals surface area contributed by atoms with E-state index in [-0.39, 0.29) is 0 Å². The first-order valence-electron chi connectivity index (χ1n) is 6.28. The first-order chi connectivity index (χ1) is 8.72. The van der Waals surface area contributed by atoms with E-state index in [4.69, 9.17) is 0 Å². The Morgan fingerprint density at radius 3 is 2.78 bits per heavy atom. The van der Waals surface area contributed by atoms with Gasteiger partial charge in [0.25, 0.3) is 0 Å². The molecule has 2 rings (SSSR count). The average molecular weight is 244 g/mol. The summed E-state index contributed by atoms with van der Waals surface area (Å²) in [6.45, 7) is 2.06. The van der Waals surface area contributed by atoms with Crippen molar-refractivity contribution in [3.63, 3.8) is 0 Å². The van der Waals surface area contributed by atoms with Crippen molar-refractivity contribution in [1.82, 2.24) is 20.1 Å². The molecule has 0 fully saturated rings. The molecule has 1 unspecified atom stereocenters. The van der Waals surface area contributed by atoms with E-state index >= 15 is 0 Å². The van der Waals surface area contributed by atoms with Gasteiger partial charge in [-0.3, -0.25) is 9.67 Å². The van der Waals surface area contributed by atoms with Crippen molar-refractivity contribution in [3.05, 3.63) is 47.5 Å². The molecule has 1 atom stereocenters. The lowest BCUT2D eigenvalue weighted by molar-refractivity contribution is 0.531. The predicted molar refractivity (Wildman–Crippen MR) is 72.3 cm³/mol. The Hall–Kier alpha value is -1.68. The Morgan fingerprint density at radius 2 is 2.17 bits per heavy atom. The van der Waals surface area contributed by atoms with Crippen LogP contribution >= 0.6 is 0 Å². The third-order valence-corrected chi connectivity index (χ3v) is 3.38. The molecular weight excluding hydrogens is 224 g/mol. The number of pyridine rings is 1. The molecule has 2 aromatic heterocycles. The number of aryl methyl sites for hydroxylation is 3. The second-order valence-corrected chi connectivity index (χ2v) is 4.50. The molecule has 2 aromatic rings. The van der Waals surface area contributed by atoms with Gasteiger partial charge in [0.1, 0.15) is 0 Å². The molecule has 1 N–H and O–H groups in total. The first kappa shape index (κ1) is 12.8. The van der Waals surface area contributed by atoms with Gasteiger partial charge >= 0.3 is 0 Å². The molecule has 0 aliphatic rings. The van der Waals surface area contributed by atoms with E-state index < -0.39 is 0 Å². The van der Waals surface area contributed by atoms with Crippen molar-refractivity contribution in [2.45, 2.75) is 25.8 Å². The molecule has 0 spiro atoms. The summed E-state index contributed by atoms with van der Waals surface area (Å²) in [4.78, 5) is 4.35. The number of nitrogens with one attached hydrogen (secondary N) is 1. The molecule has 96 valence electrons. The third kappa shape index (κ3) is 2.76. The van der Waals surface area contributed by atoms with E-state index in [2.05, 4.69) is 34.5 Å². The Bertz CT molecular complexity index is 504. The molecule has 0 saturated heterocycles. The number of hydrogen-bond acceptors (Lipinski definition) is 3. The summed E-state index contributed by atoms with van der Waals surface area (Å²) >= 11 is 0. The van der Waals surface area contributed by atoms with Crippen molar-refractivity contribution in [2.24, 2.45) is 7.05 Å². The van der Waals surface area contributed by atoms with Gasteiger partial charge in [-0.2, -0.15) is 5.10 Å². The quantitative estimate of drug-likeness (QED) is 0.875. The fraction of sp³-hybridized carbons (Fsp3) is 0.429. The van der Waals surface area contributed by atoms with Gasteiger partial charge in [-0.15, -0.1) is 0 Å². The van der Waals surface area contributed by atoms with Gasteiger partial charge in [0.05, 0.1) is 0 Å². The maximum absolute atomic E-state index is 4.35. The van der Waals surface area contributed by atoms with Crippen LogP contribution in [-0.4, -0.2) is 21.8 Å². The Kier molecular flexibility index (Phi) is 4.10. The zero-order valence-corrected chi connectivity index (χ0v) is 11.2. The van der Waals surface area contributed by atoms with E-state index in [9.17, 15) is 0 Å². The molecule has 2 heterocycles. The highest BCUT2D eigenvalue weighted by atomic mass is 15.2. The minimum absolute atomic E-state index is 0.341. The number of hydrogen-bond donors (Lipinski definition) is 1. The predicted octanol–water partition coefficient (Wildman–Crippen LogP) is 2.02. The molecule has 0 radical (unpaired) electrons. The van der Waals surface area contributed by atoms with E-state index in [1.807, 2.05) is 37.2 Å². The topological polar surface area (TPSA) is 42.7 Å². The van der Waals surface area contributed by atoms with Gasteiger partial charge in [-0.05, 0) is 44.5 Å². The van der Waals surface area contributed by atoms with Crippen LogP contribution in [0.4, 0.5) is 0 Å². The normalized spacial score (nSPS) is 12.6.